The number of aromatic nitrogens is 2. The van der Waals surface area contributed by atoms with E-state index < -0.39 is 47.8 Å². The number of nitrogens with zero attached hydrogens (tertiary/aromatic N) is 2. The van der Waals surface area contributed by atoms with Crippen LogP contribution >= 0.6 is 23.2 Å². The lowest BCUT2D eigenvalue weighted by molar-refractivity contribution is -0.128. The van der Waals surface area contributed by atoms with Crippen molar-refractivity contribution in [2.45, 2.75) is 101 Å². The predicted molar refractivity (Wildman–Crippen MR) is 240 cm³/mol. The highest BCUT2D eigenvalue weighted by atomic mass is 35.5. The second-order valence-electron chi connectivity index (χ2n) is 17.3. The van der Waals surface area contributed by atoms with Gasteiger partial charge in [-0.3, -0.25) is 28.8 Å². The number of amides is 6. The minimum absolute atomic E-state index is 0.0777. The zero-order valence-corrected chi connectivity index (χ0v) is 36.7. The Morgan fingerprint density at radius 2 is 1.02 bits per heavy atom. The predicted octanol–water partition coefficient (Wildman–Crippen LogP) is 5.29. The van der Waals surface area contributed by atoms with Gasteiger partial charge in [-0.2, -0.15) is 10.5 Å². The maximum atomic E-state index is 13.0. The van der Waals surface area contributed by atoms with Crippen molar-refractivity contribution < 1.29 is 28.8 Å². The molecule has 0 radical (unpaired) electrons. The SMILES string of the molecule is N#C[C@H](C[C@@H]1CCCNC1=O)NC(=O)[C@@H](CC1CC1)NC(=O)c1cc2cccc(Cl)c2[nH]1.N#C[C@H](C[C@@H]1CCCNC1=O)NC(=O)[C@H](CC1CC1)NC(=O)c1cc2cccc(Cl)c2[nH]1. The van der Waals surface area contributed by atoms with E-state index in [2.05, 4.69) is 54.0 Å². The summed E-state index contributed by atoms with van der Waals surface area (Å²) >= 11 is 12.4. The topological polar surface area (TPSA) is 254 Å². The van der Waals surface area contributed by atoms with Gasteiger partial charge in [0.25, 0.3) is 11.8 Å². The van der Waals surface area contributed by atoms with Gasteiger partial charge in [-0.15, -0.1) is 0 Å². The van der Waals surface area contributed by atoms with Crippen LogP contribution < -0.4 is 31.9 Å². The molecule has 6 atom stereocenters. The summed E-state index contributed by atoms with van der Waals surface area (Å²) in [5.74, 6) is -1.58. The number of hydrogen-bond acceptors (Lipinski definition) is 8. The number of para-hydroxylation sites is 2. The van der Waals surface area contributed by atoms with Crippen molar-refractivity contribution in [3.05, 3.63) is 70.0 Å². The van der Waals surface area contributed by atoms with Crippen LogP contribution in [0.1, 0.15) is 98.0 Å². The highest BCUT2D eigenvalue weighted by molar-refractivity contribution is 6.35. The molecule has 8 rings (SSSR count). The summed E-state index contributed by atoms with van der Waals surface area (Å²) in [4.78, 5) is 81.8. The van der Waals surface area contributed by atoms with Crippen LogP contribution in [0, 0.1) is 46.3 Å². The zero-order valence-electron chi connectivity index (χ0n) is 35.2. The fraction of sp³-hybridized carbons (Fsp3) is 0.478. The molecule has 2 saturated heterocycles. The first-order valence-electron chi connectivity index (χ1n) is 22.0. The number of fused-ring (bicyclic) bond motifs is 2. The molecular weight excluding hydrogens is 859 g/mol. The van der Waals surface area contributed by atoms with Crippen molar-refractivity contribution >= 4 is 80.5 Å². The smallest absolute Gasteiger partial charge is 0.268 e. The Balaban J connectivity index is 0.000000191. The summed E-state index contributed by atoms with van der Waals surface area (Å²) in [6.45, 7) is 1.29. The van der Waals surface area contributed by atoms with Gasteiger partial charge in [0, 0.05) is 35.7 Å². The molecule has 2 aromatic heterocycles. The molecule has 64 heavy (non-hydrogen) atoms. The number of rotatable bonds is 16. The summed E-state index contributed by atoms with van der Waals surface area (Å²) in [5.41, 5.74) is 1.96. The largest absolute Gasteiger partial charge is 0.356 e. The molecule has 0 unspecified atom stereocenters. The van der Waals surface area contributed by atoms with Crippen LogP contribution in [0.15, 0.2) is 48.5 Å². The summed E-state index contributed by atoms with van der Waals surface area (Å²) in [7, 11) is 0. The quantitative estimate of drug-likeness (QED) is 0.0732. The van der Waals surface area contributed by atoms with E-state index in [-0.39, 0.29) is 36.5 Å². The van der Waals surface area contributed by atoms with Crippen LogP contribution in [0.3, 0.4) is 0 Å². The summed E-state index contributed by atoms with van der Waals surface area (Å²) in [6, 6.07) is 15.3. The average Bonchev–Trinajstić information content (AvgIpc) is 4.20. The van der Waals surface area contributed by atoms with E-state index in [4.69, 9.17) is 23.2 Å². The molecule has 2 saturated carbocycles. The van der Waals surface area contributed by atoms with E-state index in [1.807, 2.05) is 12.1 Å². The van der Waals surface area contributed by atoms with E-state index in [9.17, 15) is 39.3 Å². The molecule has 2 aliphatic carbocycles. The molecule has 4 fully saturated rings. The van der Waals surface area contributed by atoms with Gasteiger partial charge in [0.15, 0.2) is 0 Å². The molecule has 336 valence electrons. The summed E-state index contributed by atoms with van der Waals surface area (Å²) in [6.07, 6.45) is 8.75. The van der Waals surface area contributed by atoms with Gasteiger partial charge in [-0.25, -0.2) is 0 Å². The Hall–Kier alpha value is -6.10. The van der Waals surface area contributed by atoms with Gasteiger partial charge in [0.2, 0.25) is 23.6 Å². The van der Waals surface area contributed by atoms with Crippen LogP contribution in [0.4, 0.5) is 0 Å². The van der Waals surface area contributed by atoms with Crippen molar-refractivity contribution in [3.63, 3.8) is 0 Å². The van der Waals surface area contributed by atoms with E-state index in [1.165, 1.54) is 0 Å². The third kappa shape index (κ3) is 12.1. The minimum Gasteiger partial charge on any atom is -0.356 e. The third-order valence-electron chi connectivity index (χ3n) is 12.3. The van der Waals surface area contributed by atoms with Gasteiger partial charge >= 0.3 is 0 Å². The molecule has 4 aromatic rings. The van der Waals surface area contributed by atoms with E-state index >= 15 is 0 Å². The second-order valence-corrected chi connectivity index (χ2v) is 18.1. The van der Waals surface area contributed by atoms with Crippen LogP contribution in [-0.4, -0.2) is 82.7 Å². The molecular formula is C46H52Cl2N10O6. The molecule has 4 aliphatic rings. The molecule has 2 aliphatic heterocycles. The number of H-pyrrole nitrogens is 2. The molecule has 6 amide bonds. The molecule has 0 bridgehead atoms. The van der Waals surface area contributed by atoms with Crippen molar-refractivity contribution in [3.8, 4) is 12.1 Å². The Bertz CT molecular complexity index is 2310. The first kappa shape index (κ1) is 45.9. The van der Waals surface area contributed by atoms with E-state index in [0.717, 1.165) is 49.3 Å². The second kappa shape index (κ2) is 21.1. The maximum absolute atomic E-state index is 13.0. The van der Waals surface area contributed by atoms with Crippen LogP contribution in [0.5, 0.6) is 0 Å². The lowest BCUT2D eigenvalue weighted by atomic mass is 9.92. The van der Waals surface area contributed by atoms with Crippen LogP contribution in [0.2, 0.25) is 10.0 Å². The Labute approximate surface area is 380 Å². The first-order valence-corrected chi connectivity index (χ1v) is 22.8. The van der Waals surface area contributed by atoms with Gasteiger partial charge in [-0.1, -0.05) is 73.2 Å². The highest BCUT2D eigenvalue weighted by Gasteiger charge is 2.35. The van der Waals surface area contributed by atoms with Crippen molar-refractivity contribution in [1.29, 1.82) is 10.5 Å². The van der Waals surface area contributed by atoms with Gasteiger partial charge in [-0.05, 0) is 87.5 Å². The minimum atomic E-state index is -0.790. The fourth-order valence-corrected chi connectivity index (χ4v) is 8.77. The maximum Gasteiger partial charge on any atom is 0.268 e. The average molecular weight is 912 g/mol. The first-order chi connectivity index (χ1) is 30.9. The highest BCUT2D eigenvalue weighted by Crippen LogP contribution is 2.35. The van der Waals surface area contributed by atoms with E-state index in [1.54, 1.807) is 36.4 Å². The number of carbonyl (C=O) groups excluding carboxylic acids is 6. The lowest BCUT2D eigenvalue weighted by Crippen LogP contribution is -2.50. The standard InChI is InChI=1S/2C23H26ClN5O3/c2*24-17-5-1-3-14-11-19(28-20(14)17)23(32)29-18(9-13-6-7-13)22(31)27-16(12-25)10-15-4-2-8-26-21(15)30/h2*1,3,5,11,13,15-16,18,28H,2,4,6-10H2,(H,26,30)(H,27,31)(H,29,32)/t15-,16-,18+;15-,16-,18-/m00/s1. The van der Waals surface area contributed by atoms with Gasteiger partial charge in [0.1, 0.15) is 35.6 Å². The van der Waals surface area contributed by atoms with Crippen LogP contribution in [0.25, 0.3) is 21.8 Å². The number of piperidine rings is 2. The Morgan fingerprint density at radius 3 is 1.36 bits per heavy atom. The van der Waals surface area contributed by atoms with Gasteiger partial charge in [0.05, 0.1) is 33.2 Å². The molecule has 2 aromatic carbocycles. The number of nitriles is 2. The van der Waals surface area contributed by atoms with E-state index in [0.29, 0.717) is 83.1 Å². The molecule has 4 heterocycles. The normalized spacial score (nSPS) is 20.1. The molecule has 18 heteroatoms. The van der Waals surface area contributed by atoms with Gasteiger partial charge < -0.3 is 41.9 Å². The lowest BCUT2D eigenvalue weighted by Gasteiger charge is -2.25. The summed E-state index contributed by atoms with van der Waals surface area (Å²) < 4.78 is 0. The number of carbonyl (C=O) groups is 6. The Morgan fingerprint density at radius 1 is 0.609 bits per heavy atom. The summed E-state index contributed by atoms with van der Waals surface area (Å²) in [5, 5.41) is 38.4. The third-order valence-corrected chi connectivity index (χ3v) is 12.9. The number of nitrogens with one attached hydrogen (secondary N) is 8. The number of benzene rings is 2. The number of hydrogen-bond donors (Lipinski definition) is 8. The van der Waals surface area contributed by atoms with Crippen molar-refractivity contribution in [2.75, 3.05) is 13.1 Å². The van der Waals surface area contributed by atoms with Crippen molar-refractivity contribution in [2.24, 2.45) is 23.7 Å². The fourth-order valence-electron chi connectivity index (χ4n) is 8.31. The number of aromatic amines is 2. The molecule has 0 spiro atoms. The Kier molecular flexibility index (Phi) is 15.1. The molecule has 8 N–H and O–H groups in total. The number of halogens is 2. The zero-order chi connectivity index (χ0) is 45.3. The van der Waals surface area contributed by atoms with Crippen LogP contribution in [-0.2, 0) is 19.2 Å². The monoisotopic (exact) mass is 910 g/mol. The van der Waals surface area contributed by atoms with Crippen molar-refractivity contribution in [1.82, 2.24) is 41.9 Å². The molecule has 16 nitrogen and oxygen atoms in total.